The Kier molecular flexibility index (Phi) is 4.30. The van der Waals surface area contributed by atoms with Crippen LogP contribution in [0.25, 0.3) is 0 Å². The van der Waals surface area contributed by atoms with Gasteiger partial charge < -0.3 is 10.6 Å². The number of carbonyl (C=O) groups excluding carboxylic acids is 1. The van der Waals surface area contributed by atoms with Gasteiger partial charge in [0.1, 0.15) is 0 Å². The predicted octanol–water partition coefficient (Wildman–Crippen LogP) is 2.86. The molecule has 1 aliphatic heterocycles. The summed E-state index contributed by atoms with van der Waals surface area (Å²) in [4.78, 5) is 17.2. The number of nitrogens with zero attached hydrogens (tertiary/aromatic N) is 1. The summed E-state index contributed by atoms with van der Waals surface area (Å²) in [6.45, 7) is 1.81. The van der Waals surface area contributed by atoms with Crippen molar-refractivity contribution in [1.82, 2.24) is 4.90 Å². The molecule has 2 N–H and O–H groups in total. The quantitative estimate of drug-likeness (QED) is 0.862. The molecular weight excluding hydrogens is 304 g/mol. The van der Waals surface area contributed by atoms with Gasteiger partial charge in [-0.15, -0.1) is 23.7 Å². The number of fused-ring (bicyclic) bond motifs is 2. The van der Waals surface area contributed by atoms with Crippen molar-refractivity contribution in [2.45, 2.75) is 44.6 Å². The average molecular weight is 327 g/mol. The van der Waals surface area contributed by atoms with E-state index in [0.717, 1.165) is 30.8 Å². The lowest BCUT2D eigenvalue weighted by Crippen LogP contribution is -2.38. The first kappa shape index (κ1) is 15.3. The van der Waals surface area contributed by atoms with E-state index in [9.17, 15) is 4.79 Å². The van der Waals surface area contributed by atoms with Crippen LogP contribution in [0.2, 0.25) is 0 Å². The van der Waals surface area contributed by atoms with Gasteiger partial charge in [0.25, 0.3) is 5.91 Å². The second kappa shape index (κ2) is 5.90. The highest BCUT2D eigenvalue weighted by atomic mass is 35.5. The summed E-state index contributed by atoms with van der Waals surface area (Å²) in [5, 5.41) is 0. The molecular formula is C16H23ClN2OS. The lowest BCUT2D eigenvalue weighted by molar-refractivity contribution is 0.0788. The Morgan fingerprint density at radius 2 is 2.10 bits per heavy atom. The van der Waals surface area contributed by atoms with Gasteiger partial charge in [0, 0.05) is 24.0 Å². The fraction of sp³-hybridized carbons (Fsp3) is 0.688. The molecule has 116 valence electrons. The lowest BCUT2D eigenvalue weighted by atomic mass is 9.78. The first-order valence-corrected chi connectivity index (χ1v) is 8.70. The summed E-state index contributed by atoms with van der Waals surface area (Å²) >= 11 is 1.73. The molecule has 2 heterocycles. The third-order valence-electron chi connectivity index (χ3n) is 5.40. The smallest absolute Gasteiger partial charge is 0.263 e. The van der Waals surface area contributed by atoms with Crippen molar-refractivity contribution in [3.05, 3.63) is 21.4 Å². The molecule has 3 aliphatic rings. The van der Waals surface area contributed by atoms with Gasteiger partial charge >= 0.3 is 0 Å². The minimum Gasteiger partial charge on any atom is -0.337 e. The second-order valence-electron chi connectivity index (χ2n) is 6.64. The predicted molar refractivity (Wildman–Crippen MR) is 88.3 cm³/mol. The molecule has 1 amide bonds. The van der Waals surface area contributed by atoms with E-state index >= 15 is 0 Å². The molecule has 0 radical (unpaired) electrons. The monoisotopic (exact) mass is 326 g/mol. The Labute approximate surface area is 136 Å². The Balaban J connectivity index is 0.00000132. The van der Waals surface area contributed by atoms with Crippen molar-refractivity contribution in [1.29, 1.82) is 0 Å². The number of rotatable bonds is 1. The number of nitrogens with two attached hydrogens (primary N) is 1. The lowest BCUT2D eigenvalue weighted by Gasteiger charge is -2.29. The van der Waals surface area contributed by atoms with Gasteiger partial charge in [-0.1, -0.05) is 6.42 Å². The molecule has 2 fully saturated rings. The second-order valence-corrected chi connectivity index (χ2v) is 7.78. The number of carbonyl (C=O) groups is 1. The maximum absolute atomic E-state index is 12.7. The van der Waals surface area contributed by atoms with E-state index in [1.165, 1.54) is 36.1 Å². The third kappa shape index (κ3) is 2.62. The standard InChI is InChI=1S/C16H22N2OS.ClH/c17-13-5-1-4-11-8-18(9-12(11)13)16(19)15-7-10-3-2-6-14(10)20-15;/h7,11-13H,1-6,8-9,17H2;1H. The van der Waals surface area contributed by atoms with Crippen LogP contribution < -0.4 is 5.73 Å². The van der Waals surface area contributed by atoms with Crippen LogP contribution in [0.5, 0.6) is 0 Å². The van der Waals surface area contributed by atoms with Crippen molar-refractivity contribution < 1.29 is 4.79 Å². The minimum atomic E-state index is 0. The normalized spacial score (nSPS) is 30.7. The van der Waals surface area contributed by atoms with Crippen molar-refractivity contribution >= 4 is 29.7 Å². The molecule has 1 aromatic rings. The summed E-state index contributed by atoms with van der Waals surface area (Å²) < 4.78 is 0. The summed E-state index contributed by atoms with van der Waals surface area (Å²) in [7, 11) is 0. The molecule has 21 heavy (non-hydrogen) atoms. The molecule has 1 saturated heterocycles. The Bertz CT molecular complexity index is 523. The van der Waals surface area contributed by atoms with E-state index in [1.807, 2.05) is 0 Å². The van der Waals surface area contributed by atoms with Crippen molar-refractivity contribution in [2.24, 2.45) is 17.6 Å². The first-order chi connectivity index (χ1) is 9.72. The largest absolute Gasteiger partial charge is 0.337 e. The SMILES string of the molecule is Cl.NC1CCCC2CN(C(=O)c3cc4c(s3)CCC4)CC12. The van der Waals surface area contributed by atoms with E-state index in [4.69, 9.17) is 5.73 Å². The number of hydrogen-bond acceptors (Lipinski definition) is 3. The van der Waals surface area contributed by atoms with E-state index in [0.29, 0.717) is 17.9 Å². The molecule has 1 saturated carbocycles. The number of amides is 1. The molecule has 3 nitrogen and oxygen atoms in total. The highest BCUT2D eigenvalue weighted by molar-refractivity contribution is 7.14. The summed E-state index contributed by atoms with van der Waals surface area (Å²) in [6.07, 6.45) is 7.22. The maximum atomic E-state index is 12.7. The van der Waals surface area contributed by atoms with Gasteiger partial charge in [-0.2, -0.15) is 0 Å². The summed E-state index contributed by atoms with van der Waals surface area (Å²) in [5.41, 5.74) is 7.67. The first-order valence-electron chi connectivity index (χ1n) is 7.89. The highest BCUT2D eigenvalue weighted by Gasteiger charge is 2.40. The fourth-order valence-electron chi connectivity index (χ4n) is 4.27. The summed E-state index contributed by atoms with van der Waals surface area (Å²) in [5.74, 6) is 1.44. The molecule has 3 unspecified atom stereocenters. The number of aryl methyl sites for hydroxylation is 2. The van der Waals surface area contributed by atoms with E-state index in [1.54, 1.807) is 11.3 Å². The molecule has 2 aliphatic carbocycles. The van der Waals surface area contributed by atoms with Crippen LogP contribution in [0.15, 0.2) is 6.07 Å². The van der Waals surface area contributed by atoms with Crippen LogP contribution in [0.4, 0.5) is 0 Å². The zero-order valence-corrected chi connectivity index (χ0v) is 13.8. The maximum Gasteiger partial charge on any atom is 0.263 e. The van der Waals surface area contributed by atoms with Crippen molar-refractivity contribution in [3.8, 4) is 0 Å². The Hall–Kier alpha value is -0.580. The molecule has 3 atom stereocenters. The van der Waals surface area contributed by atoms with Crippen LogP contribution in [0.3, 0.4) is 0 Å². The van der Waals surface area contributed by atoms with Crippen LogP contribution >= 0.6 is 23.7 Å². The molecule has 0 bridgehead atoms. The van der Waals surface area contributed by atoms with Crippen molar-refractivity contribution in [3.63, 3.8) is 0 Å². The van der Waals surface area contributed by atoms with Crippen LogP contribution in [0.1, 0.15) is 45.8 Å². The number of likely N-dealkylation sites (tertiary alicyclic amines) is 1. The van der Waals surface area contributed by atoms with Gasteiger partial charge in [-0.3, -0.25) is 4.79 Å². The van der Waals surface area contributed by atoms with Crippen molar-refractivity contribution in [2.75, 3.05) is 13.1 Å². The van der Waals surface area contributed by atoms with E-state index in [-0.39, 0.29) is 18.3 Å². The zero-order chi connectivity index (χ0) is 13.7. The summed E-state index contributed by atoms with van der Waals surface area (Å²) in [6, 6.07) is 2.46. The van der Waals surface area contributed by atoms with Gasteiger partial charge in [0.15, 0.2) is 0 Å². The van der Waals surface area contributed by atoms with Crippen LogP contribution in [-0.4, -0.2) is 29.9 Å². The van der Waals surface area contributed by atoms with Gasteiger partial charge in [-0.05, 0) is 55.6 Å². The minimum absolute atomic E-state index is 0. The molecule has 4 rings (SSSR count). The molecule has 1 aromatic heterocycles. The molecule has 0 spiro atoms. The average Bonchev–Trinajstić information content (AvgIpc) is 3.11. The number of hydrogen-bond donors (Lipinski definition) is 1. The van der Waals surface area contributed by atoms with Gasteiger partial charge in [-0.25, -0.2) is 0 Å². The topological polar surface area (TPSA) is 46.3 Å². The number of thiophene rings is 1. The van der Waals surface area contributed by atoms with Crippen LogP contribution in [-0.2, 0) is 12.8 Å². The van der Waals surface area contributed by atoms with E-state index in [2.05, 4.69) is 11.0 Å². The van der Waals surface area contributed by atoms with E-state index < -0.39 is 0 Å². The Morgan fingerprint density at radius 3 is 2.86 bits per heavy atom. The number of halogens is 1. The van der Waals surface area contributed by atoms with Gasteiger partial charge in [0.2, 0.25) is 0 Å². The molecule has 0 aromatic carbocycles. The Morgan fingerprint density at radius 1 is 1.24 bits per heavy atom. The fourth-order valence-corrected chi connectivity index (χ4v) is 5.49. The van der Waals surface area contributed by atoms with Gasteiger partial charge in [0.05, 0.1) is 4.88 Å². The molecule has 5 heteroatoms. The third-order valence-corrected chi connectivity index (χ3v) is 6.62. The zero-order valence-electron chi connectivity index (χ0n) is 12.2. The van der Waals surface area contributed by atoms with Crippen LogP contribution in [0, 0.1) is 11.8 Å². The highest BCUT2D eigenvalue weighted by Crippen LogP contribution is 2.37.